The van der Waals surface area contributed by atoms with Crippen LogP contribution in [0, 0.1) is 0 Å². The van der Waals surface area contributed by atoms with Crippen molar-refractivity contribution < 1.29 is 0 Å². The highest BCUT2D eigenvalue weighted by Crippen LogP contribution is 2.15. The van der Waals surface area contributed by atoms with Gasteiger partial charge in [0.05, 0.1) is 0 Å². The van der Waals surface area contributed by atoms with Crippen molar-refractivity contribution in [2.45, 2.75) is 13.5 Å². The SMILES string of the molecule is CCN(Cc1cccc(N)c1)c1ccc2n[nH]c(=O)n2n1. The van der Waals surface area contributed by atoms with E-state index in [4.69, 9.17) is 5.73 Å². The second-order valence-electron chi connectivity index (χ2n) is 4.75. The summed E-state index contributed by atoms with van der Waals surface area (Å²) in [5.74, 6) is 0.718. The molecular weight excluding hydrogens is 268 g/mol. The van der Waals surface area contributed by atoms with Gasteiger partial charge >= 0.3 is 5.69 Å². The van der Waals surface area contributed by atoms with Crippen LogP contribution in [0.4, 0.5) is 11.5 Å². The highest BCUT2D eigenvalue weighted by Gasteiger charge is 2.10. The number of aromatic amines is 1. The van der Waals surface area contributed by atoms with Gasteiger partial charge in [0.2, 0.25) is 0 Å². The van der Waals surface area contributed by atoms with Gasteiger partial charge in [-0.1, -0.05) is 12.1 Å². The number of hydrogen-bond donors (Lipinski definition) is 2. The molecule has 0 amide bonds. The molecule has 108 valence electrons. The maximum absolute atomic E-state index is 11.6. The van der Waals surface area contributed by atoms with Crippen molar-refractivity contribution in [3.63, 3.8) is 0 Å². The summed E-state index contributed by atoms with van der Waals surface area (Å²) in [5, 5.41) is 10.6. The second-order valence-corrected chi connectivity index (χ2v) is 4.75. The lowest BCUT2D eigenvalue weighted by molar-refractivity contribution is 0.774. The zero-order valence-electron chi connectivity index (χ0n) is 11.7. The molecule has 0 saturated carbocycles. The second kappa shape index (κ2) is 5.28. The number of aromatic nitrogens is 4. The summed E-state index contributed by atoms with van der Waals surface area (Å²) < 4.78 is 1.26. The average molecular weight is 284 g/mol. The van der Waals surface area contributed by atoms with Crippen LogP contribution in [-0.2, 0) is 6.54 Å². The molecule has 7 nitrogen and oxygen atoms in total. The fourth-order valence-electron chi connectivity index (χ4n) is 2.23. The Kier molecular flexibility index (Phi) is 3.31. The van der Waals surface area contributed by atoms with Gasteiger partial charge in [-0.3, -0.25) is 0 Å². The summed E-state index contributed by atoms with van der Waals surface area (Å²) in [6.07, 6.45) is 0. The molecule has 0 unspecified atom stereocenters. The largest absolute Gasteiger partial charge is 0.399 e. The summed E-state index contributed by atoms with van der Waals surface area (Å²) in [7, 11) is 0. The number of fused-ring (bicyclic) bond motifs is 1. The molecule has 0 saturated heterocycles. The van der Waals surface area contributed by atoms with Crippen molar-refractivity contribution in [3.8, 4) is 0 Å². The molecule has 2 aromatic heterocycles. The quantitative estimate of drug-likeness (QED) is 0.698. The van der Waals surface area contributed by atoms with E-state index in [0.29, 0.717) is 12.2 Å². The lowest BCUT2D eigenvalue weighted by Crippen LogP contribution is -2.25. The first-order valence-corrected chi connectivity index (χ1v) is 6.71. The fourth-order valence-corrected chi connectivity index (χ4v) is 2.23. The van der Waals surface area contributed by atoms with Crippen LogP contribution >= 0.6 is 0 Å². The Morgan fingerprint density at radius 2 is 2.19 bits per heavy atom. The molecule has 3 aromatic rings. The zero-order valence-corrected chi connectivity index (χ0v) is 11.7. The van der Waals surface area contributed by atoms with E-state index in [2.05, 4.69) is 20.2 Å². The molecule has 7 heteroatoms. The molecule has 0 radical (unpaired) electrons. The predicted octanol–water partition coefficient (Wildman–Crippen LogP) is 1.03. The molecule has 0 aliphatic heterocycles. The first-order valence-electron chi connectivity index (χ1n) is 6.71. The average Bonchev–Trinajstić information content (AvgIpc) is 2.86. The van der Waals surface area contributed by atoms with Crippen LogP contribution < -0.4 is 16.3 Å². The molecule has 1 aromatic carbocycles. The summed E-state index contributed by atoms with van der Waals surface area (Å²) in [6, 6.07) is 11.4. The summed E-state index contributed by atoms with van der Waals surface area (Å²) >= 11 is 0. The smallest absolute Gasteiger partial charge is 0.364 e. The van der Waals surface area contributed by atoms with Gasteiger partial charge < -0.3 is 10.6 Å². The monoisotopic (exact) mass is 284 g/mol. The van der Waals surface area contributed by atoms with Gasteiger partial charge in [-0.2, -0.15) is 9.61 Å². The Labute approximate surface area is 121 Å². The third-order valence-corrected chi connectivity index (χ3v) is 3.29. The number of nitrogens with zero attached hydrogens (tertiary/aromatic N) is 4. The maximum Gasteiger partial charge on any atom is 0.364 e. The van der Waals surface area contributed by atoms with E-state index in [0.717, 1.165) is 23.6 Å². The van der Waals surface area contributed by atoms with Crippen molar-refractivity contribution in [2.75, 3.05) is 17.2 Å². The maximum atomic E-state index is 11.6. The van der Waals surface area contributed by atoms with E-state index < -0.39 is 0 Å². The van der Waals surface area contributed by atoms with E-state index in [9.17, 15) is 4.79 Å². The van der Waals surface area contributed by atoms with Crippen LogP contribution in [0.2, 0.25) is 0 Å². The normalized spacial score (nSPS) is 10.9. The number of nitrogens with one attached hydrogen (secondary N) is 1. The van der Waals surface area contributed by atoms with E-state index in [1.165, 1.54) is 4.52 Å². The Balaban J connectivity index is 1.94. The molecule has 3 rings (SSSR count). The van der Waals surface area contributed by atoms with E-state index in [1.807, 2.05) is 37.3 Å². The minimum atomic E-state index is -0.341. The van der Waals surface area contributed by atoms with Crippen molar-refractivity contribution in [3.05, 3.63) is 52.4 Å². The highest BCUT2D eigenvalue weighted by atomic mass is 16.2. The molecule has 0 fully saturated rings. The van der Waals surface area contributed by atoms with Crippen molar-refractivity contribution in [2.24, 2.45) is 0 Å². The Morgan fingerprint density at radius 1 is 1.33 bits per heavy atom. The zero-order chi connectivity index (χ0) is 14.8. The van der Waals surface area contributed by atoms with Gasteiger partial charge in [-0.25, -0.2) is 9.89 Å². The van der Waals surface area contributed by atoms with Crippen LogP contribution in [0.25, 0.3) is 5.65 Å². The number of nitrogen functional groups attached to an aromatic ring is 1. The third-order valence-electron chi connectivity index (χ3n) is 3.29. The lowest BCUT2D eigenvalue weighted by Gasteiger charge is -2.21. The van der Waals surface area contributed by atoms with Crippen LogP contribution in [0.5, 0.6) is 0 Å². The number of hydrogen-bond acceptors (Lipinski definition) is 5. The van der Waals surface area contributed by atoms with Gasteiger partial charge in [-0.15, -0.1) is 5.10 Å². The van der Waals surface area contributed by atoms with E-state index in [1.54, 1.807) is 6.07 Å². The molecule has 2 heterocycles. The summed E-state index contributed by atoms with van der Waals surface area (Å²) in [5.41, 5.74) is 7.80. The first kappa shape index (κ1) is 13.2. The number of rotatable bonds is 4. The van der Waals surface area contributed by atoms with Crippen molar-refractivity contribution >= 4 is 17.2 Å². The van der Waals surface area contributed by atoms with Gasteiger partial charge in [0.15, 0.2) is 5.65 Å². The Morgan fingerprint density at radius 3 is 2.95 bits per heavy atom. The van der Waals surface area contributed by atoms with Gasteiger partial charge in [-0.05, 0) is 36.8 Å². The van der Waals surface area contributed by atoms with Gasteiger partial charge in [0.25, 0.3) is 0 Å². The fraction of sp³-hybridized carbons (Fsp3) is 0.214. The van der Waals surface area contributed by atoms with Crippen LogP contribution in [-0.4, -0.2) is 26.4 Å². The molecule has 0 bridgehead atoms. The molecule has 21 heavy (non-hydrogen) atoms. The number of benzene rings is 1. The highest BCUT2D eigenvalue weighted by molar-refractivity contribution is 5.47. The Hall–Kier alpha value is -2.83. The minimum absolute atomic E-state index is 0.341. The van der Waals surface area contributed by atoms with Crippen LogP contribution in [0.1, 0.15) is 12.5 Å². The number of nitrogens with two attached hydrogens (primary N) is 1. The number of H-pyrrole nitrogens is 1. The molecule has 3 N–H and O–H groups in total. The standard InChI is InChI=1S/C14H16N6O/c1-2-19(9-10-4-3-5-11(15)8-10)13-7-6-12-16-17-14(21)20(12)18-13/h3-8H,2,9,15H2,1H3,(H,17,21). The predicted molar refractivity (Wildman–Crippen MR) is 81.2 cm³/mol. The summed E-state index contributed by atoms with van der Waals surface area (Å²) in [6.45, 7) is 3.48. The minimum Gasteiger partial charge on any atom is -0.399 e. The van der Waals surface area contributed by atoms with E-state index in [-0.39, 0.29) is 5.69 Å². The molecule has 0 aliphatic carbocycles. The van der Waals surface area contributed by atoms with E-state index >= 15 is 0 Å². The first-order chi connectivity index (χ1) is 10.2. The third kappa shape index (κ3) is 2.58. The van der Waals surface area contributed by atoms with Gasteiger partial charge in [0.1, 0.15) is 5.82 Å². The Bertz CT molecular complexity index is 821. The van der Waals surface area contributed by atoms with Crippen LogP contribution in [0.15, 0.2) is 41.2 Å². The number of anilines is 2. The summed E-state index contributed by atoms with van der Waals surface area (Å²) in [4.78, 5) is 13.7. The molecule has 0 atom stereocenters. The van der Waals surface area contributed by atoms with Gasteiger partial charge in [0, 0.05) is 18.8 Å². The molecule has 0 aliphatic rings. The topological polar surface area (TPSA) is 92.3 Å². The van der Waals surface area contributed by atoms with Crippen molar-refractivity contribution in [1.29, 1.82) is 0 Å². The molecule has 0 spiro atoms. The van der Waals surface area contributed by atoms with Crippen molar-refractivity contribution in [1.82, 2.24) is 19.8 Å². The molecular formula is C14H16N6O. The lowest BCUT2D eigenvalue weighted by atomic mass is 10.2. The van der Waals surface area contributed by atoms with Crippen LogP contribution in [0.3, 0.4) is 0 Å².